The molecule has 0 amide bonds. The monoisotopic (exact) mass is 251 g/mol. The Morgan fingerprint density at radius 1 is 1.36 bits per heavy atom. The number of hydrogen-bond acceptors (Lipinski definition) is 1. The maximum absolute atomic E-state index is 8.69. The lowest BCUT2D eigenvalue weighted by Crippen LogP contribution is -1.99. The molecule has 0 radical (unpaired) electrons. The second kappa shape index (κ2) is 5.17. The van der Waals surface area contributed by atoms with Crippen LogP contribution in [0.2, 0.25) is 0 Å². The van der Waals surface area contributed by atoms with Crippen LogP contribution in [0.1, 0.15) is 25.0 Å². The molecule has 1 aromatic carbocycles. The molecule has 0 aromatic heterocycles. The summed E-state index contributed by atoms with van der Waals surface area (Å²) in [7, 11) is 0. The smallest absolute Gasteiger partial charge is 0.0669 e. The van der Waals surface area contributed by atoms with Crippen molar-refractivity contribution in [1.82, 2.24) is 0 Å². The van der Waals surface area contributed by atoms with Gasteiger partial charge in [0.25, 0.3) is 0 Å². The van der Waals surface area contributed by atoms with E-state index in [1.54, 1.807) is 0 Å². The predicted molar refractivity (Wildman–Crippen MR) is 62.0 cm³/mol. The first-order valence-corrected chi connectivity index (χ1v) is 5.57. The molecule has 2 heteroatoms. The summed E-state index contributed by atoms with van der Waals surface area (Å²) in [6, 6.07) is 8.35. The van der Waals surface area contributed by atoms with E-state index in [0.717, 1.165) is 16.5 Å². The predicted octanol–water partition coefficient (Wildman–Crippen LogP) is 3.71. The quantitative estimate of drug-likeness (QED) is 0.804. The standard InChI is InChI=1S/C12H14BrN/c1-9(2)7-11-8-12(13)4-3-10(11)5-6-14/h3-4,8-9H,5,7H2,1-2H3. The Morgan fingerprint density at radius 3 is 2.64 bits per heavy atom. The minimum absolute atomic E-state index is 0.509. The molecular weight excluding hydrogens is 238 g/mol. The first-order valence-electron chi connectivity index (χ1n) is 4.77. The van der Waals surface area contributed by atoms with E-state index in [0.29, 0.717) is 12.3 Å². The van der Waals surface area contributed by atoms with E-state index >= 15 is 0 Å². The highest BCUT2D eigenvalue weighted by atomic mass is 79.9. The third kappa shape index (κ3) is 3.16. The molecule has 74 valence electrons. The van der Waals surface area contributed by atoms with Gasteiger partial charge in [0.15, 0.2) is 0 Å². The maximum Gasteiger partial charge on any atom is 0.0669 e. The Bertz CT molecular complexity index is 350. The van der Waals surface area contributed by atoms with Crippen molar-refractivity contribution in [1.29, 1.82) is 5.26 Å². The summed E-state index contributed by atoms with van der Waals surface area (Å²) in [6.45, 7) is 4.38. The van der Waals surface area contributed by atoms with Crippen molar-refractivity contribution in [3.8, 4) is 6.07 Å². The second-order valence-corrected chi connectivity index (χ2v) is 4.76. The highest BCUT2D eigenvalue weighted by Crippen LogP contribution is 2.20. The lowest BCUT2D eigenvalue weighted by atomic mass is 9.97. The van der Waals surface area contributed by atoms with Crippen LogP contribution in [0.25, 0.3) is 0 Å². The molecule has 1 aromatic rings. The third-order valence-electron chi connectivity index (χ3n) is 2.07. The zero-order valence-electron chi connectivity index (χ0n) is 8.55. The van der Waals surface area contributed by atoms with Crippen molar-refractivity contribution >= 4 is 15.9 Å². The van der Waals surface area contributed by atoms with E-state index < -0.39 is 0 Å². The second-order valence-electron chi connectivity index (χ2n) is 3.85. The fraction of sp³-hybridized carbons (Fsp3) is 0.417. The van der Waals surface area contributed by atoms with Gasteiger partial charge in [-0.25, -0.2) is 0 Å². The molecule has 0 fully saturated rings. The lowest BCUT2D eigenvalue weighted by molar-refractivity contribution is 0.644. The van der Waals surface area contributed by atoms with E-state index in [4.69, 9.17) is 5.26 Å². The van der Waals surface area contributed by atoms with Gasteiger partial charge in [0.2, 0.25) is 0 Å². The molecule has 0 aliphatic heterocycles. The minimum atomic E-state index is 0.509. The van der Waals surface area contributed by atoms with Gasteiger partial charge in [-0.05, 0) is 35.6 Å². The van der Waals surface area contributed by atoms with Crippen molar-refractivity contribution in [2.24, 2.45) is 5.92 Å². The molecule has 0 unspecified atom stereocenters. The lowest BCUT2D eigenvalue weighted by Gasteiger charge is -2.09. The van der Waals surface area contributed by atoms with Crippen molar-refractivity contribution in [2.45, 2.75) is 26.7 Å². The number of halogens is 1. The van der Waals surface area contributed by atoms with Gasteiger partial charge in [-0.15, -0.1) is 0 Å². The van der Waals surface area contributed by atoms with Gasteiger partial charge in [-0.1, -0.05) is 35.8 Å². The Labute approximate surface area is 93.9 Å². The van der Waals surface area contributed by atoms with E-state index in [2.05, 4.69) is 41.9 Å². The topological polar surface area (TPSA) is 23.8 Å². The van der Waals surface area contributed by atoms with Gasteiger partial charge in [0.05, 0.1) is 12.5 Å². The van der Waals surface area contributed by atoms with Gasteiger partial charge in [0.1, 0.15) is 0 Å². The zero-order chi connectivity index (χ0) is 10.6. The van der Waals surface area contributed by atoms with Crippen LogP contribution in [0, 0.1) is 17.2 Å². The summed E-state index contributed by atoms with van der Waals surface area (Å²) >= 11 is 3.45. The normalized spacial score (nSPS) is 10.2. The summed E-state index contributed by atoms with van der Waals surface area (Å²) in [6.07, 6.45) is 1.55. The molecule has 0 aliphatic carbocycles. The first kappa shape index (κ1) is 11.3. The molecule has 0 heterocycles. The molecule has 1 nitrogen and oxygen atoms in total. The average Bonchev–Trinajstić information content (AvgIpc) is 2.09. The fourth-order valence-corrected chi connectivity index (χ4v) is 1.89. The molecule has 14 heavy (non-hydrogen) atoms. The van der Waals surface area contributed by atoms with Crippen LogP contribution in [-0.2, 0) is 12.8 Å². The van der Waals surface area contributed by atoms with E-state index in [9.17, 15) is 0 Å². The van der Waals surface area contributed by atoms with Gasteiger partial charge in [-0.2, -0.15) is 5.26 Å². The van der Waals surface area contributed by atoms with Crippen molar-refractivity contribution < 1.29 is 0 Å². The summed E-state index contributed by atoms with van der Waals surface area (Å²) in [5.74, 6) is 0.627. The number of hydrogen-bond donors (Lipinski definition) is 0. The minimum Gasteiger partial charge on any atom is -0.198 e. The molecule has 0 atom stereocenters. The van der Waals surface area contributed by atoms with Crippen molar-refractivity contribution in [3.05, 3.63) is 33.8 Å². The Kier molecular flexibility index (Phi) is 4.16. The molecule has 0 aliphatic rings. The highest BCUT2D eigenvalue weighted by molar-refractivity contribution is 9.10. The SMILES string of the molecule is CC(C)Cc1cc(Br)ccc1CC#N. The number of benzene rings is 1. The van der Waals surface area contributed by atoms with Crippen LogP contribution in [-0.4, -0.2) is 0 Å². The van der Waals surface area contributed by atoms with Crippen LogP contribution in [0.3, 0.4) is 0 Å². The summed E-state index contributed by atoms with van der Waals surface area (Å²) in [5, 5.41) is 8.69. The Morgan fingerprint density at radius 2 is 2.07 bits per heavy atom. The summed E-state index contributed by atoms with van der Waals surface area (Å²) in [4.78, 5) is 0. The number of rotatable bonds is 3. The highest BCUT2D eigenvalue weighted by Gasteiger charge is 2.05. The molecule has 1 rings (SSSR count). The number of nitriles is 1. The fourth-order valence-electron chi connectivity index (χ4n) is 1.48. The van der Waals surface area contributed by atoms with Crippen LogP contribution in [0.5, 0.6) is 0 Å². The molecule has 0 N–H and O–H groups in total. The van der Waals surface area contributed by atoms with Gasteiger partial charge < -0.3 is 0 Å². The Balaban J connectivity index is 2.97. The van der Waals surface area contributed by atoms with Crippen LogP contribution in [0.4, 0.5) is 0 Å². The zero-order valence-corrected chi connectivity index (χ0v) is 10.1. The summed E-state index contributed by atoms with van der Waals surface area (Å²) < 4.78 is 1.09. The van der Waals surface area contributed by atoms with Crippen molar-refractivity contribution in [3.63, 3.8) is 0 Å². The van der Waals surface area contributed by atoms with E-state index in [-0.39, 0.29) is 0 Å². The average molecular weight is 252 g/mol. The van der Waals surface area contributed by atoms with Gasteiger partial charge in [0, 0.05) is 4.47 Å². The van der Waals surface area contributed by atoms with Crippen LogP contribution in [0.15, 0.2) is 22.7 Å². The van der Waals surface area contributed by atoms with Crippen LogP contribution < -0.4 is 0 Å². The Hall–Kier alpha value is -0.810. The third-order valence-corrected chi connectivity index (χ3v) is 2.56. The van der Waals surface area contributed by atoms with Gasteiger partial charge >= 0.3 is 0 Å². The molecule has 0 spiro atoms. The van der Waals surface area contributed by atoms with Crippen LogP contribution >= 0.6 is 15.9 Å². The molecular formula is C12H14BrN. The maximum atomic E-state index is 8.69. The van der Waals surface area contributed by atoms with E-state index in [1.165, 1.54) is 5.56 Å². The van der Waals surface area contributed by atoms with E-state index in [1.807, 2.05) is 12.1 Å². The first-order chi connectivity index (χ1) is 6.63. The largest absolute Gasteiger partial charge is 0.198 e. The molecule has 0 saturated carbocycles. The molecule has 0 bridgehead atoms. The number of nitrogens with zero attached hydrogens (tertiary/aromatic N) is 1. The van der Waals surface area contributed by atoms with Crippen molar-refractivity contribution in [2.75, 3.05) is 0 Å². The molecule has 0 saturated heterocycles. The summed E-state index contributed by atoms with van der Waals surface area (Å²) in [5.41, 5.74) is 2.44. The van der Waals surface area contributed by atoms with Gasteiger partial charge in [-0.3, -0.25) is 0 Å².